The summed E-state index contributed by atoms with van der Waals surface area (Å²) in [5, 5.41) is 27.6. The van der Waals surface area contributed by atoms with Crippen molar-refractivity contribution >= 4 is 23.4 Å². The van der Waals surface area contributed by atoms with Gasteiger partial charge in [0.25, 0.3) is 5.91 Å². The smallest absolute Gasteiger partial charge is 0.417 e. The van der Waals surface area contributed by atoms with Crippen LogP contribution in [0.25, 0.3) is 0 Å². The summed E-state index contributed by atoms with van der Waals surface area (Å²) in [6.07, 6.45) is 9.69. The van der Waals surface area contributed by atoms with E-state index in [-0.39, 0.29) is 62.4 Å². The number of carbonyl (C=O) groups is 2. The zero-order valence-electron chi connectivity index (χ0n) is 37.9. The van der Waals surface area contributed by atoms with E-state index in [0.717, 1.165) is 49.7 Å². The number of benzene rings is 3. The van der Waals surface area contributed by atoms with Crippen molar-refractivity contribution in [2.45, 2.75) is 88.2 Å². The number of carbonyl (C=O) groups excluding carboxylic acids is 2. The molecule has 66 heavy (non-hydrogen) atoms. The van der Waals surface area contributed by atoms with Crippen LogP contribution in [0, 0.1) is 17.8 Å². The monoisotopic (exact) mass is 911 g/mol. The molecule has 0 radical (unpaired) electrons. The van der Waals surface area contributed by atoms with Crippen molar-refractivity contribution in [2.75, 3.05) is 59.8 Å². The fourth-order valence-electron chi connectivity index (χ4n) is 10.2. The molecule has 0 spiro atoms. The van der Waals surface area contributed by atoms with Crippen molar-refractivity contribution in [1.82, 2.24) is 4.90 Å². The van der Waals surface area contributed by atoms with E-state index in [0.29, 0.717) is 71.6 Å². The summed E-state index contributed by atoms with van der Waals surface area (Å²) in [5.74, 6) is 0.00246. The topological polar surface area (TPSA) is 185 Å². The third-order valence-electron chi connectivity index (χ3n) is 13.3. The lowest BCUT2D eigenvalue weighted by atomic mass is 9.55. The van der Waals surface area contributed by atoms with Gasteiger partial charge in [-0.25, -0.2) is 4.79 Å². The molecule has 5 aliphatic rings. The number of nitrogens with zero attached hydrogens (tertiary/aromatic N) is 2. The second kappa shape index (κ2) is 21.2. The summed E-state index contributed by atoms with van der Waals surface area (Å²) in [4.78, 5) is 36.3. The van der Waals surface area contributed by atoms with Gasteiger partial charge in [0.2, 0.25) is 18.9 Å². The summed E-state index contributed by atoms with van der Waals surface area (Å²) in [5.41, 5.74) is 3.08. The third kappa shape index (κ3) is 9.68. The number of methoxy groups -OCH3 is 2. The minimum Gasteiger partial charge on any atom is -0.497 e. The van der Waals surface area contributed by atoms with Crippen LogP contribution in [0.2, 0.25) is 0 Å². The van der Waals surface area contributed by atoms with Gasteiger partial charge in [-0.2, -0.15) is 0 Å². The highest BCUT2D eigenvalue weighted by molar-refractivity contribution is 6.03. The van der Waals surface area contributed by atoms with Gasteiger partial charge in [0.05, 0.1) is 44.8 Å². The highest BCUT2D eigenvalue weighted by Crippen LogP contribution is 2.62. The van der Waals surface area contributed by atoms with Gasteiger partial charge in [0.1, 0.15) is 29.0 Å². The van der Waals surface area contributed by atoms with Crippen LogP contribution in [0.5, 0.6) is 34.5 Å². The number of rotatable bonds is 19. The Labute approximate surface area is 385 Å². The van der Waals surface area contributed by atoms with E-state index in [9.17, 15) is 19.8 Å². The van der Waals surface area contributed by atoms with Crippen LogP contribution in [0.3, 0.4) is 0 Å². The standard InChI is InChI=1S/C50H61N3O13/c1-5-23-63-50-44(53(2)48(56)32-15-19-41-43(26-32)62-30-61-41)29-39(52-66-45-14-8-11-24-60-45)36-25-31(12-6-9-21-54)35(13-7-10-22-55)46(47(36)50)37-27-34(17-20-40(37)65-50)64-49(57)51-38-18-16-33(58-3)28-42(38)59-4/h5,15-20,25-28,31,35,44-47,54-55H,1,6-14,21-24,29-30H2,2-4H3,(H,51,57)/t31-,35+,44-,45?,46+,47+,50+/m0/s1. The van der Waals surface area contributed by atoms with Crippen LogP contribution in [-0.2, 0) is 14.3 Å². The molecule has 16 heteroatoms. The van der Waals surface area contributed by atoms with E-state index in [1.165, 1.54) is 7.11 Å². The Morgan fingerprint density at radius 3 is 2.48 bits per heavy atom. The lowest BCUT2D eigenvalue weighted by Crippen LogP contribution is -2.69. The van der Waals surface area contributed by atoms with Gasteiger partial charge in [-0.15, -0.1) is 6.58 Å². The number of ether oxygens (including phenoxy) is 8. The Morgan fingerprint density at radius 2 is 1.73 bits per heavy atom. The number of hydrogen-bond acceptors (Lipinski definition) is 14. The SMILES string of the molecule is C=CCO[C@@]12Oc3ccc(OC(=O)Nc4ccc(OC)cc4OC)cc3[C@H]3[C@H](CCCCO)[C@@H](CCCCO)C=C(C(=NOC4CCCCO4)C[C@@H]1N(C)C(=O)c1ccc4c(c1)OCO4)[C@H]32. The number of likely N-dealkylation sites (N-methyl/N-ethyl adjacent to an activating group) is 1. The fourth-order valence-corrected chi connectivity index (χ4v) is 10.2. The van der Waals surface area contributed by atoms with Gasteiger partial charge in [0, 0.05) is 56.2 Å². The van der Waals surface area contributed by atoms with Crippen molar-refractivity contribution in [3.05, 3.63) is 90.0 Å². The number of amides is 2. The van der Waals surface area contributed by atoms with Crippen LogP contribution in [-0.4, -0.2) is 105 Å². The number of anilines is 1. The van der Waals surface area contributed by atoms with Gasteiger partial charge in [-0.1, -0.05) is 30.1 Å². The van der Waals surface area contributed by atoms with E-state index in [2.05, 4.69) is 18.0 Å². The van der Waals surface area contributed by atoms with Crippen molar-refractivity contribution in [2.24, 2.45) is 22.9 Å². The molecular weight excluding hydrogens is 851 g/mol. The highest BCUT2D eigenvalue weighted by Gasteiger charge is 2.65. The molecule has 2 fully saturated rings. The second-order valence-electron chi connectivity index (χ2n) is 17.2. The second-order valence-corrected chi connectivity index (χ2v) is 17.2. The number of fused-ring (bicyclic) bond motifs is 3. The number of hydrogen-bond donors (Lipinski definition) is 3. The molecule has 1 saturated heterocycles. The zero-order valence-corrected chi connectivity index (χ0v) is 37.9. The summed E-state index contributed by atoms with van der Waals surface area (Å²) in [6, 6.07) is 14.7. The maximum Gasteiger partial charge on any atom is 0.417 e. The van der Waals surface area contributed by atoms with E-state index in [1.807, 2.05) is 6.07 Å². The molecule has 3 aromatic rings. The van der Waals surface area contributed by atoms with Crippen LogP contribution in [0.1, 0.15) is 86.0 Å². The number of unbranched alkanes of at least 4 members (excludes halogenated alkanes) is 2. The molecule has 7 atom stereocenters. The Kier molecular flexibility index (Phi) is 15.0. The summed E-state index contributed by atoms with van der Waals surface area (Å²) in [7, 11) is 4.79. The number of allylic oxidation sites excluding steroid dienone is 1. The molecule has 16 nitrogen and oxygen atoms in total. The molecule has 3 aliphatic heterocycles. The first-order chi connectivity index (χ1) is 32.2. The molecular formula is C50H61N3O13. The van der Waals surface area contributed by atoms with E-state index < -0.39 is 30.1 Å². The van der Waals surface area contributed by atoms with Crippen LogP contribution < -0.4 is 33.7 Å². The first kappa shape index (κ1) is 46.7. The zero-order chi connectivity index (χ0) is 46.2. The minimum absolute atomic E-state index is 0.00867. The van der Waals surface area contributed by atoms with Crippen LogP contribution >= 0.6 is 0 Å². The average Bonchev–Trinajstić information content (AvgIpc) is 3.82. The molecule has 1 unspecified atom stereocenters. The van der Waals surface area contributed by atoms with Crippen molar-refractivity contribution in [3.63, 3.8) is 0 Å². The van der Waals surface area contributed by atoms with E-state index >= 15 is 0 Å². The van der Waals surface area contributed by atoms with Gasteiger partial charge in [-0.3, -0.25) is 10.1 Å². The molecule has 2 aliphatic carbocycles. The summed E-state index contributed by atoms with van der Waals surface area (Å²) in [6.45, 7) is 4.85. The minimum atomic E-state index is -1.49. The van der Waals surface area contributed by atoms with Gasteiger partial charge in [0.15, 0.2) is 11.5 Å². The average molecular weight is 912 g/mol. The van der Waals surface area contributed by atoms with Gasteiger partial charge >= 0.3 is 6.09 Å². The molecule has 8 rings (SSSR count). The third-order valence-corrected chi connectivity index (χ3v) is 13.3. The number of aliphatic hydroxyl groups excluding tert-OH is 2. The maximum atomic E-state index is 14.8. The normalized spacial score (nSPS) is 25.3. The molecule has 2 amide bonds. The number of nitrogens with one attached hydrogen (secondary N) is 1. The lowest BCUT2D eigenvalue weighted by molar-refractivity contribution is -0.252. The van der Waals surface area contributed by atoms with Crippen molar-refractivity contribution < 1.29 is 62.5 Å². The maximum absolute atomic E-state index is 14.8. The lowest BCUT2D eigenvalue weighted by Gasteiger charge is -2.59. The Balaban J connectivity index is 1.26. The van der Waals surface area contributed by atoms with Crippen LogP contribution in [0.4, 0.5) is 10.5 Å². The Morgan fingerprint density at radius 1 is 0.939 bits per heavy atom. The molecule has 1 saturated carbocycles. The van der Waals surface area contributed by atoms with E-state index in [1.54, 1.807) is 73.7 Å². The molecule has 3 heterocycles. The molecule has 354 valence electrons. The number of oxime groups is 1. The predicted molar refractivity (Wildman–Crippen MR) is 243 cm³/mol. The van der Waals surface area contributed by atoms with Crippen molar-refractivity contribution in [1.29, 1.82) is 0 Å². The van der Waals surface area contributed by atoms with Gasteiger partial charge < -0.3 is 57.8 Å². The predicted octanol–water partition coefficient (Wildman–Crippen LogP) is 7.98. The summed E-state index contributed by atoms with van der Waals surface area (Å²) >= 11 is 0. The molecule has 0 bridgehead atoms. The fraction of sp³-hybridized carbons (Fsp3) is 0.500. The summed E-state index contributed by atoms with van der Waals surface area (Å²) < 4.78 is 48.3. The van der Waals surface area contributed by atoms with Gasteiger partial charge in [-0.05, 0) is 104 Å². The first-order valence-corrected chi connectivity index (χ1v) is 22.9. The Hall–Kier alpha value is -5.81. The Bertz CT molecular complexity index is 2280. The molecule has 3 aromatic carbocycles. The number of aliphatic hydroxyl groups is 2. The molecule has 3 N–H and O–H groups in total. The quantitative estimate of drug-likeness (QED) is 0.0598. The van der Waals surface area contributed by atoms with E-state index in [4.69, 9.17) is 47.9 Å². The molecule has 0 aromatic heterocycles. The highest BCUT2D eigenvalue weighted by atomic mass is 16.8. The van der Waals surface area contributed by atoms with Crippen LogP contribution in [0.15, 0.2) is 84.1 Å². The first-order valence-electron chi connectivity index (χ1n) is 22.9. The van der Waals surface area contributed by atoms with Crippen molar-refractivity contribution in [3.8, 4) is 34.5 Å². The largest absolute Gasteiger partial charge is 0.497 e.